The van der Waals surface area contributed by atoms with Crippen molar-refractivity contribution in [2.24, 2.45) is 0 Å². The SMILES string of the molecule is CC(=O)N(C)C(C#N)c1cc(F)ccc1F. The molecule has 0 aliphatic carbocycles. The Morgan fingerprint density at radius 3 is 2.62 bits per heavy atom. The van der Waals surface area contributed by atoms with E-state index < -0.39 is 23.6 Å². The van der Waals surface area contributed by atoms with Crippen molar-refractivity contribution in [2.45, 2.75) is 13.0 Å². The average molecular weight is 224 g/mol. The summed E-state index contributed by atoms with van der Waals surface area (Å²) in [5, 5.41) is 8.88. The highest BCUT2D eigenvalue weighted by atomic mass is 19.1. The molecule has 0 saturated heterocycles. The van der Waals surface area contributed by atoms with Crippen LogP contribution >= 0.6 is 0 Å². The summed E-state index contributed by atoms with van der Waals surface area (Å²) in [6.45, 7) is 1.25. The van der Waals surface area contributed by atoms with Crippen molar-refractivity contribution in [3.8, 4) is 6.07 Å². The monoisotopic (exact) mass is 224 g/mol. The molecule has 0 saturated carbocycles. The normalized spacial score (nSPS) is 11.7. The summed E-state index contributed by atoms with van der Waals surface area (Å²) < 4.78 is 26.3. The molecule has 1 unspecified atom stereocenters. The molecule has 84 valence electrons. The zero-order valence-electron chi connectivity index (χ0n) is 8.87. The molecular formula is C11H10F2N2O. The highest BCUT2D eigenvalue weighted by molar-refractivity contribution is 5.73. The van der Waals surface area contributed by atoms with E-state index in [1.54, 1.807) is 6.07 Å². The molecule has 0 aromatic heterocycles. The molecule has 0 spiro atoms. The topological polar surface area (TPSA) is 44.1 Å². The first-order chi connectivity index (χ1) is 7.47. The minimum absolute atomic E-state index is 0.139. The molecule has 0 aliphatic rings. The lowest BCUT2D eigenvalue weighted by molar-refractivity contribution is -0.128. The smallest absolute Gasteiger partial charge is 0.220 e. The highest BCUT2D eigenvalue weighted by Gasteiger charge is 2.22. The van der Waals surface area contributed by atoms with Crippen LogP contribution in [0.2, 0.25) is 0 Å². The highest BCUT2D eigenvalue weighted by Crippen LogP contribution is 2.22. The van der Waals surface area contributed by atoms with Crippen LogP contribution in [0.1, 0.15) is 18.5 Å². The maximum Gasteiger partial charge on any atom is 0.220 e. The van der Waals surface area contributed by atoms with Crippen LogP contribution in [-0.4, -0.2) is 17.9 Å². The number of carbonyl (C=O) groups is 1. The van der Waals surface area contributed by atoms with Crippen molar-refractivity contribution in [3.63, 3.8) is 0 Å². The lowest BCUT2D eigenvalue weighted by atomic mass is 10.1. The molecule has 16 heavy (non-hydrogen) atoms. The Hall–Kier alpha value is -1.96. The van der Waals surface area contributed by atoms with Crippen LogP contribution in [0.15, 0.2) is 18.2 Å². The van der Waals surface area contributed by atoms with Gasteiger partial charge in [0.15, 0.2) is 0 Å². The largest absolute Gasteiger partial charge is 0.326 e. The number of benzene rings is 1. The van der Waals surface area contributed by atoms with Gasteiger partial charge in [0.05, 0.1) is 6.07 Å². The van der Waals surface area contributed by atoms with Crippen LogP contribution in [0.4, 0.5) is 8.78 Å². The minimum Gasteiger partial charge on any atom is -0.326 e. The van der Waals surface area contributed by atoms with Gasteiger partial charge in [-0.25, -0.2) is 8.78 Å². The molecule has 0 N–H and O–H groups in total. The number of hydrogen-bond acceptors (Lipinski definition) is 2. The summed E-state index contributed by atoms with van der Waals surface area (Å²) in [6, 6.07) is 3.46. The maximum absolute atomic E-state index is 13.4. The lowest BCUT2D eigenvalue weighted by Gasteiger charge is -2.21. The van der Waals surface area contributed by atoms with Crippen molar-refractivity contribution in [1.82, 2.24) is 4.90 Å². The van der Waals surface area contributed by atoms with Gasteiger partial charge < -0.3 is 4.90 Å². The number of rotatable bonds is 2. The van der Waals surface area contributed by atoms with E-state index in [-0.39, 0.29) is 5.56 Å². The van der Waals surface area contributed by atoms with Gasteiger partial charge in [0.25, 0.3) is 0 Å². The molecule has 1 aromatic carbocycles. The number of halogens is 2. The standard InChI is InChI=1S/C11H10F2N2O/c1-7(16)15(2)11(6-14)9-5-8(12)3-4-10(9)13/h3-5,11H,1-2H3. The molecule has 1 aromatic rings. The molecule has 1 atom stereocenters. The minimum atomic E-state index is -1.12. The van der Waals surface area contributed by atoms with Crippen LogP contribution in [-0.2, 0) is 4.79 Å². The van der Waals surface area contributed by atoms with Crippen molar-refractivity contribution in [1.29, 1.82) is 5.26 Å². The molecule has 0 aliphatic heterocycles. The molecule has 1 rings (SSSR count). The van der Waals surface area contributed by atoms with E-state index in [9.17, 15) is 13.6 Å². The van der Waals surface area contributed by atoms with E-state index in [1.165, 1.54) is 14.0 Å². The number of nitrogens with zero attached hydrogens (tertiary/aromatic N) is 2. The molecule has 0 fully saturated rings. The van der Waals surface area contributed by atoms with E-state index in [2.05, 4.69) is 0 Å². The van der Waals surface area contributed by atoms with Crippen LogP contribution in [0.5, 0.6) is 0 Å². The van der Waals surface area contributed by atoms with E-state index >= 15 is 0 Å². The summed E-state index contributed by atoms with van der Waals surface area (Å²) in [7, 11) is 1.36. The van der Waals surface area contributed by atoms with Gasteiger partial charge in [-0.15, -0.1) is 0 Å². The fourth-order valence-corrected chi connectivity index (χ4v) is 1.27. The molecule has 3 nitrogen and oxygen atoms in total. The van der Waals surface area contributed by atoms with Crippen LogP contribution in [0, 0.1) is 23.0 Å². The predicted molar refractivity (Wildman–Crippen MR) is 53.2 cm³/mol. The van der Waals surface area contributed by atoms with Gasteiger partial charge in [0, 0.05) is 19.5 Å². The van der Waals surface area contributed by atoms with Gasteiger partial charge in [-0.1, -0.05) is 0 Å². The Labute approximate surface area is 91.9 Å². The second-order valence-electron chi connectivity index (χ2n) is 3.33. The fourth-order valence-electron chi connectivity index (χ4n) is 1.27. The van der Waals surface area contributed by atoms with Crippen LogP contribution in [0.25, 0.3) is 0 Å². The van der Waals surface area contributed by atoms with E-state index in [0.29, 0.717) is 0 Å². The average Bonchev–Trinajstić information content (AvgIpc) is 2.23. The third kappa shape index (κ3) is 2.34. The zero-order chi connectivity index (χ0) is 12.3. The summed E-state index contributed by atoms with van der Waals surface area (Å²) >= 11 is 0. The van der Waals surface area contributed by atoms with E-state index in [1.807, 2.05) is 0 Å². The fraction of sp³-hybridized carbons (Fsp3) is 0.273. The molecule has 0 radical (unpaired) electrons. The Balaban J connectivity index is 3.19. The first-order valence-corrected chi connectivity index (χ1v) is 4.55. The van der Waals surface area contributed by atoms with Gasteiger partial charge in [-0.3, -0.25) is 4.79 Å². The quantitative estimate of drug-likeness (QED) is 0.771. The van der Waals surface area contributed by atoms with Crippen LogP contribution in [0.3, 0.4) is 0 Å². The summed E-state index contributed by atoms with van der Waals surface area (Å²) in [5.41, 5.74) is -0.139. The van der Waals surface area contributed by atoms with Gasteiger partial charge >= 0.3 is 0 Å². The Kier molecular flexibility index (Phi) is 3.56. The van der Waals surface area contributed by atoms with Gasteiger partial charge in [0.2, 0.25) is 5.91 Å². The van der Waals surface area contributed by atoms with E-state index in [4.69, 9.17) is 5.26 Å². The summed E-state index contributed by atoms with van der Waals surface area (Å²) in [5.74, 6) is -1.75. The predicted octanol–water partition coefficient (Wildman–Crippen LogP) is 2.01. The third-order valence-electron chi connectivity index (χ3n) is 2.26. The molecule has 0 heterocycles. The molecular weight excluding hydrogens is 214 g/mol. The van der Waals surface area contributed by atoms with Crippen molar-refractivity contribution < 1.29 is 13.6 Å². The first kappa shape index (κ1) is 12.1. The number of amides is 1. The Morgan fingerprint density at radius 1 is 1.50 bits per heavy atom. The van der Waals surface area contributed by atoms with Gasteiger partial charge in [-0.05, 0) is 18.2 Å². The van der Waals surface area contributed by atoms with Gasteiger partial charge in [0.1, 0.15) is 17.7 Å². The van der Waals surface area contributed by atoms with E-state index in [0.717, 1.165) is 23.1 Å². The third-order valence-corrected chi connectivity index (χ3v) is 2.26. The van der Waals surface area contributed by atoms with Crippen LogP contribution < -0.4 is 0 Å². The molecule has 1 amide bonds. The number of nitriles is 1. The number of hydrogen-bond donors (Lipinski definition) is 0. The maximum atomic E-state index is 13.4. The first-order valence-electron chi connectivity index (χ1n) is 4.55. The second kappa shape index (κ2) is 4.71. The van der Waals surface area contributed by atoms with Crippen molar-refractivity contribution in [2.75, 3.05) is 7.05 Å². The lowest BCUT2D eigenvalue weighted by Crippen LogP contribution is -2.28. The van der Waals surface area contributed by atoms with Crippen molar-refractivity contribution in [3.05, 3.63) is 35.4 Å². The Bertz CT molecular complexity index is 454. The molecule has 5 heteroatoms. The summed E-state index contributed by atoms with van der Waals surface area (Å²) in [6.07, 6.45) is 0. The zero-order valence-corrected chi connectivity index (χ0v) is 8.87. The summed E-state index contributed by atoms with van der Waals surface area (Å²) in [4.78, 5) is 12.1. The second-order valence-corrected chi connectivity index (χ2v) is 3.33. The van der Waals surface area contributed by atoms with Crippen molar-refractivity contribution >= 4 is 5.91 Å². The Morgan fingerprint density at radius 2 is 2.12 bits per heavy atom. The van der Waals surface area contributed by atoms with Gasteiger partial charge in [-0.2, -0.15) is 5.26 Å². The number of carbonyl (C=O) groups excluding carboxylic acids is 1. The molecule has 0 bridgehead atoms.